The monoisotopic (exact) mass is 644 g/mol. The van der Waals surface area contributed by atoms with Crippen LogP contribution in [-0.2, 0) is 16.2 Å². The number of benzene rings is 3. The Bertz CT molecular complexity index is 1430. The smallest absolute Gasteiger partial charge is 0.294 e. The van der Waals surface area contributed by atoms with Gasteiger partial charge < -0.3 is 19.5 Å². The molecule has 1 aliphatic rings. The van der Waals surface area contributed by atoms with E-state index in [1.165, 1.54) is 0 Å². The lowest BCUT2D eigenvalue weighted by molar-refractivity contribution is -0.127. The Balaban J connectivity index is 1.45. The highest BCUT2D eigenvalue weighted by molar-refractivity contribution is 9.10. The maximum atomic E-state index is 13.0. The number of thioether (sulfide) groups is 1. The van der Waals surface area contributed by atoms with E-state index in [-0.39, 0.29) is 4.91 Å². The lowest BCUT2D eigenvalue weighted by atomic mass is 10.1. The zero-order valence-corrected chi connectivity index (χ0v) is 24.9. The van der Waals surface area contributed by atoms with Gasteiger partial charge >= 0.3 is 0 Å². The van der Waals surface area contributed by atoms with E-state index >= 15 is 0 Å². The van der Waals surface area contributed by atoms with Crippen LogP contribution in [0.3, 0.4) is 0 Å². The van der Waals surface area contributed by atoms with Crippen LogP contribution >= 0.6 is 39.3 Å². The first-order valence-corrected chi connectivity index (χ1v) is 14.4. The predicted octanol–water partition coefficient (Wildman–Crippen LogP) is 7.15. The van der Waals surface area contributed by atoms with Gasteiger partial charge in [0, 0.05) is 10.7 Å². The number of amides is 3. The summed E-state index contributed by atoms with van der Waals surface area (Å²) in [6, 6.07) is 17.7. The number of carbonyl (C=O) groups excluding carboxylic acids is 3. The average Bonchev–Trinajstić information content (AvgIpc) is 3.18. The molecule has 1 fully saturated rings. The molecule has 11 heteroatoms. The average molecular weight is 646 g/mol. The van der Waals surface area contributed by atoms with Gasteiger partial charge in [0.1, 0.15) is 18.9 Å². The largest absolute Gasteiger partial charge is 0.494 e. The molecule has 1 heterocycles. The molecule has 0 saturated carbocycles. The molecule has 0 atom stereocenters. The number of nitrogens with zero attached hydrogens (tertiary/aromatic N) is 1. The molecule has 208 valence electrons. The molecule has 0 unspecified atom stereocenters. The van der Waals surface area contributed by atoms with Crippen LogP contribution < -0.4 is 19.5 Å². The first kappa shape index (κ1) is 29.5. The standard InChI is InChI=1S/C29H26BrClN2O6S/c1-3-37-22-11-9-21(10-12-22)32-26(34)16-33-28(35)25(40-29(33)36)15-19-13-23(30)27(24(14-19)38-4-2)39-17-18-5-7-20(31)8-6-18/h5-15H,3-4,16-17H2,1-2H3,(H,32,34)/b25-15+. The van der Waals surface area contributed by atoms with Crippen molar-refractivity contribution in [3.63, 3.8) is 0 Å². The van der Waals surface area contributed by atoms with Gasteiger partial charge in [0.25, 0.3) is 11.1 Å². The highest BCUT2D eigenvalue weighted by Crippen LogP contribution is 2.39. The summed E-state index contributed by atoms with van der Waals surface area (Å²) in [7, 11) is 0. The number of anilines is 1. The third-order valence-electron chi connectivity index (χ3n) is 5.55. The third kappa shape index (κ3) is 7.59. The summed E-state index contributed by atoms with van der Waals surface area (Å²) < 4.78 is 17.8. The lowest BCUT2D eigenvalue weighted by Gasteiger charge is -2.15. The van der Waals surface area contributed by atoms with Crippen LogP contribution in [0.15, 0.2) is 70.0 Å². The van der Waals surface area contributed by atoms with Gasteiger partial charge in [-0.1, -0.05) is 23.7 Å². The first-order chi connectivity index (χ1) is 19.3. The van der Waals surface area contributed by atoms with Crippen LogP contribution in [0.25, 0.3) is 6.08 Å². The molecule has 4 rings (SSSR count). The van der Waals surface area contributed by atoms with Crippen molar-refractivity contribution in [1.29, 1.82) is 0 Å². The second-order valence-corrected chi connectivity index (χ2v) is 10.7. The van der Waals surface area contributed by atoms with Crippen molar-refractivity contribution in [2.24, 2.45) is 0 Å². The molecule has 3 aromatic rings. The van der Waals surface area contributed by atoms with E-state index in [9.17, 15) is 14.4 Å². The molecule has 3 amide bonds. The molecule has 1 saturated heterocycles. The normalized spacial score (nSPS) is 14.0. The van der Waals surface area contributed by atoms with Crippen molar-refractivity contribution in [3.8, 4) is 17.2 Å². The number of rotatable bonds is 11. The molecule has 0 aromatic heterocycles. The van der Waals surface area contributed by atoms with E-state index in [1.807, 2.05) is 26.0 Å². The van der Waals surface area contributed by atoms with Gasteiger partial charge in [-0.05, 0) is 107 Å². The number of hydrogen-bond acceptors (Lipinski definition) is 7. The Morgan fingerprint density at radius 2 is 1.70 bits per heavy atom. The van der Waals surface area contributed by atoms with Crippen LogP contribution in [0.2, 0.25) is 5.02 Å². The van der Waals surface area contributed by atoms with Crippen molar-refractivity contribution in [3.05, 3.63) is 86.2 Å². The molecule has 0 spiro atoms. The molecule has 1 N–H and O–H groups in total. The van der Waals surface area contributed by atoms with Crippen LogP contribution in [0.5, 0.6) is 17.2 Å². The topological polar surface area (TPSA) is 94.2 Å². The molecule has 1 aliphatic heterocycles. The van der Waals surface area contributed by atoms with Gasteiger partial charge in [0.2, 0.25) is 5.91 Å². The number of halogens is 2. The Labute approximate surface area is 249 Å². The Hall–Kier alpha value is -3.47. The molecule has 0 radical (unpaired) electrons. The number of ether oxygens (including phenoxy) is 3. The van der Waals surface area contributed by atoms with Crippen LogP contribution in [0.4, 0.5) is 10.5 Å². The van der Waals surface area contributed by atoms with Crippen molar-refractivity contribution in [2.45, 2.75) is 20.5 Å². The molecule has 0 bridgehead atoms. The fourth-order valence-corrected chi connectivity index (χ4v) is 5.28. The zero-order chi connectivity index (χ0) is 28.6. The molecular weight excluding hydrogens is 620 g/mol. The van der Waals surface area contributed by atoms with Crippen molar-refractivity contribution in [2.75, 3.05) is 25.1 Å². The summed E-state index contributed by atoms with van der Waals surface area (Å²) in [5.74, 6) is 0.626. The van der Waals surface area contributed by atoms with E-state index in [0.717, 1.165) is 22.2 Å². The SMILES string of the molecule is CCOc1ccc(NC(=O)CN2C(=O)S/C(=C/c3cc(Br)c(OCc4ccc(Cl)cc4)c(OCC)c3)C2=O)cc1. The summed E-state index contributed by atoms with van der Waals surface area (Å²) in [6.45, 7) is 4.56. The van der Waals surface area contributed by atoms with E-state index < -0.39 is 23.6 Å². The van der Waals surface area contributed by atoms with Gasteiger partial charge in [0.15, 0.2) is 11.5 Å². The molecular formula is C29H26BrClN2O6S. The van der Waals surface area contributed by atoms with E-state index in [0.29, 0.717) is 57.8 Å². The lowest BCUT2D eigenvalue weighted by Crippen LogP contribution is -2.36. The Morgan fingerprint density at radius 1 is 1.00 bits per heavy atom. The molecule has 40 heavy (non-hydrogen) atoms. The van der Waals surface area contributed by atoms with Crippen LogP contribution in [0.1, 0.15) is 25.0 Å². The summed E-state index contributed by atoms with van der Waals surface area (Å²) >= 11 is 10.3. The van der Waals surface area contributed by atoms with Crippen LogP contribution in [-0.4, -0.2) is 41.7 Å². The van der Waals surface area contributed by atoms with Gasteiger partial charge in [-0.25, -0.2) is 0 Å². The van der Waals surface area contributed by atoms with Crippen molar-refractivity contribution >= 4 is 68.1 Å². The summed E-state index contributed by atoms with van der Waals surface area (Å²) in [5.41, 5.74) is 2.09. The van der Waals surface area contributed by atoms with Gasteiger partial charge in [0.05, 0.1) is 22.6 Å². The molecule has 8 nitrogen and oxygen atoms in total. The second-order valence-electron chi connectivity index (χ2n) is 8.45. The van der Waals surface area contributed by atoms with Gasteiger partial charge in [-0.15, -0.1) is 0 Å². The molecule has 0 aliphatic carbocycles. The maximum absolute atomic E-state index is 13.0. The number of hydrogen-bond donors (Lipinski definition) is 1. The van der Waals surface area contributed by atoms with Gasteiger partial charge in [-0.2, -0.15) is 0 Å². The van der Waals surface area contributed by atoms with E-state index in [2.05, 4.69) is 21.2 Å². The summed E-state index contributed by atoms with van der Waals surface area (Å²) in [4.78, 5) is 39.3. The minimum atomic E-state index is -0.547. The summed E-state index contributed by atoms with van der Waals surface area (Å²) in [5, 5.41) is 2.81. The highest BCUT2D eigenvalue weighted by atomic mass is 79.9. The molecule has 3 aromatic carbocycles. The predicted molar refractivity (Wildman–Crippen MR) is 160 cm³/mol. The van der Waals surface area contributed by atoms with Crippen molar-refractivity contribution < 1.29 is 28.6 Å². The highest BCUT2D eigenvalue weighted by Gasteiger charge is 2.36. The third-order valence-corrected chi connectivity index (χ3v) is 7.30. The minimum Gasteiger partial charge on any atom is -0.494 e. The Kier molecular flexibility index (Phi) is 10.1. The maximum Gasteiger partial charge on any atom is 0.294 e. The first-order valence-electron chi connectivity index (χ1n) is 12.4. The fourth-order valence-electron chi connectivity index (χ4n) is 3.74. The van der Waals surface area contributed by atoms with E-state index in [1.54, 1.807) is 54.6 Å². The fraction of sp³-hybridized carbons (Fsp3) is 0.207. The quantitative estimate of drug-likeness (QED) is 0.221. The van der Waals surface area contributed by atoms with Gasteiger partial charge in [-0.3, -0.25) is 19.3 Å². The second kappa shape index (κ2) is 13.7. The number of nitrogens with one attached hydrogen (secondary N) is 1. The van der Waals surface area contributed by atoms with Crippen LogP contribution in [0, 0.1) is 0 Å². The number of carbonyl (C=O) groups is 3. The van der Waals surface area contributed by atoms with E-state index in [4.69, 9.17) is 25.8 Å². The van der Waals surface area contributed by atoms with Crippen molar-refractivity contribution in [1.82, 2.24) is 4.90 Å². The Morgan fingerprint density at radius 3 is 2.38 bits per heavy atom. The zero-order valence-electron chi connectivity index (χ0n) is 21.7. The summed E-state index contributed by atoms with van der Waals surface area (Å²) in [6.07, 6.45) is 1.59. The number of imide groups is 1. The minimum absolute atomic E-state index is 0.197.